The summed E-state index contributed by atoms with van der Waals surface area (Å²) in [5.74, 6) is -0.133. The van der Waals surface area contributed by atoms with Gasteiger partial charge in [-0.25, -0.2) is 0 Å². The number of hydrogen-bond donors (Lipinski definition) is 2. The van der Waals surface area contributed by atoms with Crippen LogP contribution in [0.25, 0.3) is 0 Å². The van der Waals surface area contributed by atoms with Gasteiger partial charge in [-0.2, -0.15) is 0 Å². The molecule has 0 aliphatic carbocycles. The van der Waals surface area contributed by atoms with E-state index in [2.05, 4.69) is 22.8 Å². The molecule has 0 spiro atoms. The highest BCUT2D eigenvalue weighted by Crippen LogP contribution is 2.28. The van der Waals surface area contributed by atoms with Crippen molar-refractivity contribution in [3.63, 3.8) is 0 Å². The molecule has 0 saturated carbocycles. The number of amides is 2. The van der Waals surface area contributed by atoms with Gasteiger partial charge in [0, 0.05) is 11.5 Å². The summed E-state index contributed by atoms with van der Waals surface area (Å²) in [6.45, 7) is 9.51. The van der Waals surface area contributed by atoms with Crippen LogP contribution in [0.4, 0.5) is 5.00 Å². The van der Waals surface area contributed by atoms with Gasteiger partial charge in [0.2, 0.25) is 5.91 Å². The minimum Gasteiger partial charge on any atom is -0.349 e. The normalized spacial score (nSPS) is 12.5. The molecule has 2 aromatic rings. The van der Waals surface area contributed by atoms with Crippen molar-refractivity contribution < 1.29 is 9.59 Å². The molecule has 26 heavy (non-hydrogen) atoms. The molecular formula is C21H28N2O2S. The molecule has 2 amide bonds. The Bertz CT molecular complexity index is 760. The van der Waals surface area contributed by atoms with Crippen molar-refractivity contribution in [3.8, 4) is 0 Å². The van der Waals surface area contributed by atoms with E-state index in [1.807, 2.05) is 58.9 Å². The van der Waals surface area contributed by atoms with Gasteiger partial charge in [-0.15, -0.1) is 11.3 Å². The van der Waals surface area contributed by atoms with Gasteiger partial charge in [-0.05, 0) is 43.9 Å². The van der Waals surface area contributed by atoms with Gasteiger partial charge in [-0.3, -0.25) is 9.59 Å². The Balaban J connectivity index is 1.93. The molecule has 1 unspecified atom stereocenters. The molecule has 2 rings (SSSR count). The van der Waals surface area contributed by atoms with Gasteiger partial charge in [0.15, 0.2) is 0 Å². The fourth-order valence-corrected chi connectivity index (χ4v) is 3.43. The number of thiophene rings is 1. The summed E-state index contributed by atoms with van der Waals surface area (Å²) in [5, 5.41) is 6.67. The average Bonchev–Trinajstić information content (AvgIpc) is 2.93. The SMILES string of the molecule is Cc1cc(NC(=O)C(C)(C)C)sc1C(=O)NC(C)CCc1ccccc1. The second-order valence-corrected chi connectivity index (χ2v) is 8.78. The van der Waals surface area contributed by atoms with Crippen LogP contribution >= 0.6 is 11.3 Å². The molecule has 0 fully saturated rings. The smallest absolute Gasteiger partial charge is 0.261 e. The molecule has 5 heteroatoms. The number of benzene rings is 1. The van der Waals surface area contributed by atoms with E-state index in [1.165, 1.54) is 16.9 Å². The van der Waals surface area contributed by atoms with E-state index in [9.17, 15) is 9.59 Å². The number of rotatable bonds is 6. The third-order valence-electron chi connectivity index (χ3n) is 4.13. The lowest BCUT2D eigenvalue weighted by molar-refractivity contribution is -0.123. The van der Waals surface area contributed by atoms with E-state index < -0.39 is 5.41 Å². The Hall–Kier alpha value is -2.14. The molecule has 1 aromatic carbocycles. The minimum atomic E-state index is -0.466. The zero-order chi connectivity index (χ0) is 19.3. The molecule has 1 atom stereocenters. The summed E-state index contributed by atoms with van der Waals surface area (Å²) in [6, 6.07) is 12.2. The molecule has 0 saturated heterocycles. The van der Waals surface area contributed by atoms with Crippen LogP contribution in [0.1, 0.15) is 54.9 Å². The lowest BCUT2D eigenvalue weighted by Crippen LogP contribution is -2.32. The lowest BCUT2D eigenvalue weighted by atomic mass is 9.96. The molecule has 0 radical (unpaired) electrons. The van der Waals surface area contributed by atoms with Crippen LogP contribution in [0.3, 0.4) is 0 Å². The lowest BCUT2D eigenvalue weighted by Gasteiger charge is -2.16. The molecule has 4 nitrogen and oxygen atoms in total. The number of aryl methyl sites for hydroxylation is 2. The van der Waals surface area contributed by atoms with Crippen LogP contribution in [0, 0.1) is 12.3 Å². The van der Waals surface area contributed by atoms with Gasteiger partial charge in [-0.1, -0.05) is 51.1 Å². The van der Waals surface area contributed by atoms with Crippen LogP contribution in [-0.4, -0.2) is 17.9 Å². The fraction of sp³-hybridized carbons (Fsp3) is 0.429. The van der Waals surface area contributed by atoms with Crippen molar-refractivity contribution in [3.05, 3.63) is 52.4 Å². The zero-order valence-electron chi connectivity index (χ0n) is 16.2. The highest BCUT2D eigenvalue weighted by Gasteiger charge is 2.23. The largest absolute Gasteiger partial charge is 0.349 e. The predicted octanol–water partition coefficient (Wildman–Crippen LogP) is 4.79. The van der Waals surface area contributed by atoms with E-state index in [-0.39, 0.29) is 17.9 Å². The average molecular weight is 373 g/mol. The molecule has 0 aliphatic rings. The number of anilines is 1. The van der Waals surface area contributed by atoms with Crippen LogP contribution in [0.15, 0.2) is 36.4 Å². The topological polar surface area (TPSA) is 58.2 Å². The van der Waals surface area contributed by atoms with Gasteiger partial charge in [0.25, 0.3) is 5.91 Å². The number of nitrogens with one attached hydrogen (secondary N) is 2. The maximum Gasteiger partial charge on any atom is 0.261 e. The van der Waals surface area contributed by atoms with Crippen molar-refractivity contribution in [1.29, 1.82) is 0 Å². The van der Waals surface area contributed by atoms with E-state index in [0.29, 0.717) is 9.88 Å². The van der Waals surface area contributed by atoms with Crippen molar-refractivity contribution in [1.82, 2.24) is 5.32 Å². The van der Waals surface area contributed by atoms with Crippen molar-refractivity contribution in [2.45, 2.75) is 53.5 Å². The van der Waals surface area contributed by atoms with Gasteiger partial charge in [0.05, 0.1) is 9.88 Å². The quantitative estimate of drug-likeness (QED) is 0.766. The molecule has 1 aromatic heterocycles. The summed E-state index contributed by atoms with van der Waals surface area (Å²) in [5.41, 5.74) is 1.69. The summed E-state index contributed by atoms with van der Waals surface area (Å²) in [6.07, 6.45) is 1.81. The van der Waals surface area contributed by atoms with Crippen molar-refractivity contribution in [2.75, 3.05) is 5.32 Å². The third-order valence-corrected chi connectivity index (χ3v) is 5.28. The summed E-state index contributed by atoms with van der Waals surface area (Å²) < 4.78 is 0. The summed E-state index contributed by atoms with van der Waals surface area (Å²) in [7, 11) is 0. The maximum absolute atomic E-state index is 12.6. The van der Waals surface area contributed by atoms with Crippen LogP contribution in [0.2, 0.25) is 0 Å². The molecule has 0 aliphatic heterocycles. The Kier molecular flexibility index (Phi) is 6.59. The van der Waals surface area contributed by atoms with Gasteiger partial charge < -0.3 is 10.6 Å². The molecular weight excluding hydrogens is 344 g/mol. The number of carbonyl (C=O) groups is 2. The molecule has 140 valence electrons. The Morgan fingerprint density at radius 1 is 1.15 bits per heavy atom. The second kappa shape index (κ2) is 8.49. The van der Waals surface area contributed by atoms with Crippen molar-refractivity contribution in [2.24, 2.45) is 5.41 Å². The Labute approximate surface area is 160 Å². The summed E-state index contributed by atoms with van der Waals surface area (Å²) >= 11 is 1.32. The van der Waals surface area contributed by atoms with E-state index >= 15 is 0 Å². The van der Waals surface area contributed by atoms with Gasteiger partial charge in [0.1, 0.15) is 0 Å². The van der Waals surface area contributed by atoms with E-state index in [1.54, 1.807) is 0 Å². The van der Waals surface area contributed by atoms with Crippen LogP contribution in [-0.2, 0) is 11.2 Å². The zero-order valence-corrected chi connectivity index (χ0v) is 17.0. The first-order valence-electron chi connectivity index (χ1n) is 8.93. The first kappa shape index (κ1) is 20.2. The molecule has 0 bridgehead atoms. The molecule has 2 N–H and O–H groups in total. The summed E-state index contributed by atoms with van der Waals surface area (Å²) in [4.78, 5) is 25.3. The van der Waals surface area contributed by atoms with Gasteiger partial charge >= 0.3 is 0 Å². The van der Waals surface area contributed by atoms with Crippen LogP contribution in [0.5, 0.6) is 0 Å². The first-order valence-corrected chi connectivity index (χ1v) is 9.75. The highest BCUT2D eigenvalue weighted by atomic mass is 32.1. The van der Waals surface area contributed by atoms with Crippen molar-refractivity contribution >= 4 is 28.2 Å². The Morgan fingerprint density at radius 2 is 1.81 bits per heavy atom. The monoisotopic (exact) mass is 372 g/mol. The van der Waals surface area contributed by atoms with Crippen LogP contribution < -0.4 is 10.6 Å². The minimum absolute atomic E-state index is 0.0538. The number of hydrogen-bond acceptors (Lipinski definition) is 3. The predicted molar refractivity (Wildman–Crippen MR) is 109 cm³/mol. The first-order chi connectivity index (χ1) is 12.2. The molecule has 1 heterocycles. The van der Waals surface area contributed by atoms with E-state index in [0.717, 1.165) is 18.4 Å². The van der Waals surface area contributed by atoms with E-state index in [4.69, 9.17) is 0 Å². The maximum atomic E-state index is 12.6. The highest BCUT2D eigenvalue weighted by molar-refractivity contribution is 7.18. The third kappa shape index (κ3) is 5.70. The fourth-order valence-electron chi connectivity index (χ4n) is 2.46. The standard InChI is InChI=1S/C21H28N2O2S/c1-14-13-17(23-20(25)21(3,4)5)26-18(14)19(24)22-15(2)11-12-16-9-7-6-8-10-16/h6-10,13,15H,11-12H2,1-5H3,(H,22,24)(H,23,25). The second-order valence-electron chi connectivity index (χ2n) is 7.73. The Morgan fingerprint density at radius 3 is 2.42 bits per heavy atom. The number of carbonyl (C=O) groups excluding carboxylic acids is 2.